The zero-order valence-electron chi connectivity index (χ0n) is 23.8. The number of pyridine rings is 1. The maximum absolute atomic E-state index is 14.6. The van der Waals surface area contributed by atoms with Crippen LogP contribution in [0.4, 0.5) is 20.2 Å². The number of para-hydroxylation sites is 1. The van der Waals surface area contributed by atoms with Gasteiger partial charge in [0.15, 0.2) is 0 Å². The third-order valence-corrected chi connectivity index (χ3v) is 9.27. The van der Waals surface area contributed by atoms with Gasteiger partial charge < -0.3 is 19.4 Å². The number of nitrogens with zero attached hydrogens (tertiary/aromatic N) is 5. The SMILES string of the molecule is Cc1onc(-c2c(F)cccc2F)c1C(=O)N1CCN(c2cc3c(cc2[N+](=O)[O-])c(=O)c(C(=O)O)c2sc4ccccc4n23)CC1. The molecule has 12 nitrogen and oxygen atoms in total. The summed E-state index contributed by atoms with van der Waals surface area (Å²) >= 11 is 1.13. The Balaban J connectivity index is 1.28. The monoisotopic (exact) mass is 645 g/mol. The molecule has 3 aromatic heterocycles. The molecular weight excluding hydrogens is 624 g/mol. The summed E-state index contributed by atoms with van der Waals surface area (Å²) in [7, 11) is 0. The van der Waals surface area contributed by atoms with Crippen molar-refractivity contribution in [3.63, 3.8) is 0 Å². The molecule has 0 radical (unpaired) electrons. The first-order chi connectivity index (χ1) is 22.1. The van der Waals surface area contributed by atoms with E-state index in [1.165, 1.54) is 24.0 Å². The fraction of sp³-hybridized carbons (Fsp3) is 0.161. The Hall–Kier alpha value is -5.70. The van der Waals surface area contributed by atoms with E-state index in [9.17, 15) is 38.4 Å². The number of aromatic carboxylic acids is 1. The van der Waals surface area contributed by atoms with E-state index in [-0.39, 0.29) is 59.1 Å². The average molecular weight is 646 g/mol. The van der Waals surface area contributed by atoms with Gasteiger partial charge in [-0.3, -0.25) is 24.1 Å². The van der Waals surface area contributed by atoms with Crippen LogP contribution in [-0.2, 0) is 0 Å². The maximum Gasteiger partial charge on any atom is 0.342 e. The lowest BCUT2D eigenvalue weighted by atomic mass is 10.0. The Labute approximate surface area is 260 Å². The molecule has 7 rings (SSSR count). The van der Waals surface area contributed by atoms with E-state index in [1.54, 1.807) is 33.6 Å². The van der Waals surface area contributed by atoms with Crippen molar-refractivity contribution in [3.8, 4) is 11.3 Å². The van der Waals surface area contributed by atoms with Crippen molar-refractivity contribution < 1.29 is 32.9 Å². The minimum absolute atomic E-state index is 0.0772. The minimum atomic E-state index is -1.44. The number of carboxylic acid groups (broad SMARTS) is 1. The molecule has 0 saturated carbocycles. The van der Waals surface area contributed by atoms with Crippen LogP contribution >= 0.6 is 11.3 Å². The molecule has 1 amide bonds. The van der Waals surface area contributed by atoms with E-state index in [2.05, 4.69) is 5.16 Å². The molecule has 0 bridgehead atoms. The fourth-order valence-corrected chi connectivity index (χ4v) is 7.16. The summed E-state index contributed by atoms with van der Waals surface area (Å²) in [5.41, 5.74) is -1.40. The highest BCUT2D eigenvalue weighted by Gasteiger charge is 2.33. The van der Waals surface area contributed by atoms with Crippen molar-refractivity contribution in [2.24, 2.45) is 0 Å². The molecule has 6 aromatic rings. The van der Waals surface area contributed by atoms with Crippen LogP contribution in [-0.4, -0.2) is 62.5 Å². The van der Waals surface area contributed by atoms with Gasteiger partial charge in [-0.05, 0) is 37.3 Å². The van der Waals surface area contributed by atoms with E-state index in [0.717, 1.165) is 34.2 Å². The number of nitro groups is 1. The molecule has 1 aliphatic rings. The van der Waals surface area contributed by atoms with Crippen molar-refractivity contribution >= 4 is 60.5 Å². The van der Waals surface area contributed by atoms with Crippen LogP contribution < -0.4 is 10.3 Å². The lowest BCUT2D eigenvalue weighted by Crippen LogP contribution is -2.49. The minimum Gasteiger partial charge on any atom is -0.477 e. The number of carbonyl (C=O) groups is 2. The van der Waals surface area contributed by atoms with Gasteiger partial charge in [0.2, 0.25) is 5.43 Å². The molecule has 0 atom stereocenters. The van der Waals surface area contributed by atoms with Crippen molar-refractivity contribution in [2.75, 3.05) is 31.1 Å². The van der Waals surface area contributed by atoms with Crippen LogP contribution in [0.25, 0.3) is 37.2 Å². The highest BCUT2D eigenvalue weighted by Crippen LogP contribution is 2.37. The quantitative estimate of drug-likeness (QED) is 0.190. The summed E-state index contributed by atoms with van der Waals surface area (Å²) in [6, 6.07) is 13.0. The predicted molar refractivity (Wildman–Crippen MR) is 165 cm³/mol. The number of fused-ring (bicyclic) bond motifs is 5. The third-order valence-electron chi connectivity index (χ3n) is 8.13. The Bertz CT molecular complexity index is 2320. The number of hydrogen-bond donors (Lipinski definition) is 1. The molecular formula is C31H21F2N5O7S. The molecule has 3 aromatic carbocycles. The highest BCUT2D eigenvalue weighted by atomic mass is 32.1. The van der Waals surface area contributed by atoms with Gasteiger partial charge in [-0.15, -0.1) is 11.3 Å². The Kier molecular flexibility index (Phi) is 6.77. The van der Waals surface area contributed by atoms with E-state index in [4.69, 9.17) is 4.52 Å². The lowest BCUT2D eigenvalue weighted by molar-refractivity contribution is -0.384. The van der Waals surface area contributed by atoms with E-state index in [0.29, 0.717) is 11.0 Å². The van der Waals surface area contributed by atoms with Crippen molar-refractivity contribution in [2.45, 2.75) is 6.92 Å². The Morgan fingerprint density at radius 1 is 1.00 bits per heavy atom. The van der Waals surface area contributed by atoms with E-state index >= 15 is 0 Å². The molecule has 232 valence electrons. The lowest BCUT2D eigenvalue weighted by Gasteiger charge is -2.36. The molecule has 0 unspecified atom stereocenters. The molecule has 46 heavy (non-hydrogen) atoms. The van der Waals surface area contributed by atoms with Gasteiger partial charge in [-0.1, -0.05) is 23.4 Å². The number of aryl methyl sites for hydroxylation is 1. The number of anilines is 1. The van der Waals surface area contributed by atoms with Crippen LogP contribution in [0.15, 0.2) is 63.9 Å². The van der Waals surface area contributed by atoms with Crippen LogP contribution in [0.5, 0.6) is 0 Å². The second-order valence-electron chi connectivity index (χ2n) is 10.7. The van der Waals surface area contributed by atoms with Gasteiger partial charge in [0, 0.05) is 32.2 Å². The zero-order chi connectivity index (χ0) is 32.4. The number of benzene rings is 3. The van der Waals surface area contributed by atoms with Crippen LogP contribution in [0, 0.1) is 28.7 Å². The summed E-state index contributed by atoms with van der Waals surface area (Å²) in [6.07, 6.45) is 0. The largest absolute Gasteiger partial charge is 0.477 e. The molecule has 0 spiro atoms. The van der Waals surface area contributed by atoms with Crippen molar-refractivity contribution in [1.29, 1.82) is 0 Å². The molecule has 1 N–H and O–H groups in total. The van der Waals surface area contributed by atoms with Gasteiger partial charge in [0.1, 0.15) is 44.7 Å². The predicted octanol–water partition coefficient (Wildman–Crippen LogP) is 5.48. The first-order valence-electron chi connectivity index (χ1n) is 13.9. The highest BCUT2D eigenvalue weighted by molar-refractivity contribution is 7.24. The summed E-state index contributed by atoms with van der Waals surface area (Å²) < 4.78 is 36.7. The van der Waals surface area contributed by atoms with Crippen LogP contribution in [0.3, 0.4) is 0 Å². The molecule has 0 aliphatic carbocycles. The molecule has 4 heterocycles. The smallest absolute Gasteiger partial charge is 0.342 e. The number of piperazine rings is 1. The number of carbonyl (C=O) groups excluding carboxylic acids is 1. The van der Waals surface area contributed by atoms with Gasteiger partial charge in [-0.25, -0.2) is 13.6 Å². The topological polar surface area (TPSA) is 151 Å². The number of rotatable bonds is 5. The zero-order valence-corrected chi connectivity index (χ0v) is 24.6. The van der Waals surface area contributed by atoms with Gasteiger partial charge in [0.25, 0.3) is 11.6 Å². The van der Waals surface area contributed by atoms with Gasteiger partial charge >= 0.3 is 5.97 Å². The standard InChI is InChI=1S/C31H21F2N5O7S/c1-15-24(27(34-45-15)25-17(32)5-4-6-18(25)33)29(40)36-11-9-35(10-12-36)21-14-20-16(13-22(21)38(43)44)28(39)26(31(41)42)30-37(20)19-7-2-3-8-23(19)46-30/h2-8,13-14H,9-12H2,1H3,(H,41,42). The number of amides is 1. The summed E-state index contributed by atoms with van der Waals surface area (Å²) in [5, 5.41) is 25.8. The number of halogens is 2. The van der Waals surface area contributed by atoms with Crippen molar-refractivity contribution in [3.05, 3.63) is 103 Å². The first-order valence-corrected chi connectivity index (χ1v) is 14.7. The molecule has 15 heteroatoms. The number of carboxylic acids is 1. The molecule has 1 aliphatic heterocycles. The number of hydrogen-bond acceptors (Lipinski definition) is 9. The summed E-state index contributed by atoms with van der Waals surface area (Å²) in [4.78, 5) is 54.2. The number of nitro benzene ring substituents is 1. The maximum atomic E-state index is 14.6. The third kappa shape index (κ3) is 4.38. The Morgan fingerprint density at radius 3 is 2.37 bits per heavy atom. The summed E-state index contributed by atoms with van der Waals surface area (Å²) in [6.45, 7) is 1.92. The van der Waals surface area contributed by atoms with Gasteiger partial charge in [0.05, 0.1) is 31.6 Å². The molecule has 1 saturated heterocycles. The second kappa shape index (κ2) is 10.7. The van der Waals surface area contributed by atoms with Crippen LogP contribution in [0.2, 0.25) is 0 Å². The Morgan fingerprint density at radius 2 is 1.70 bits per heavy atom. The second-order valence-corrected chi connectivity index (χ2v) is 11.7. The van der Waals surface area contributed by atoms with Crippen LogP contribution in [0.1, 0.15) is 26.5 Å². The van der Waals surface area contributed by atoms with E-state index < -0.39 is 50.7 Å². The van der Waals surface area contributed by atoms with Gasteiger partial charge in [-0.2, -0.15) is 0 Å². The van der Waals surface area contributed by atoms with E-state index in [1.807, 2.05) is 0 Å². The van der Waals surface area contributed by atoms with Crippen molar-refractivity contribution in [1.82, 2.24) is 14.5 Å². The normalized spacial score (nSPS) is 13.6. The molecule has 1 fully saturated rings. The fourth-order valence-electron chi connectivity index (χ4n) is 5.97. The average Bonchev–Trinajstić information content (AvgIpc) is 3.60. The summed E-state index contributed by atoms with van der Waals surface area (Å²) in [5.74, 6) is -3.74. The number of aromatic nitrogens is 2. The number of thiazole rings is 1. The first kappa shape index (κ1) is 29.0.